The number of hydrogen-bond donors (Lipinski definition) is 2. The predicted octanol–water partition coefficient (Wildman–Crippen LogP) is 4.63. The molecule has 0 saturated carbocycles. The largest absolute Gasteiger partial charge is 0.478 e. The molecule has 7 nitrogen and oxygen atoms in total. The second-order valence-electron chi connectivity index (χ2n) is 7.58. The first-order valence-electron chi connectivity index (χ1n) is 10.2. The molecule has 0 spiro atoms. The van der Waals surface area contributed by atoms with Crippen molar-refractivity contribution in [1.82, 2.24) is 5.32 Å². The number of aromatic carboxylic acids is 1. The van der Waals surface area contributed by atoms with Gasteiger partial charge in [0.1, 0.15) is 17.1 Å². The van der Waals surface area contributed by atoms with Crippen molar-refractivity contribution in [3.05, 3.63) is 95.8 Å². The Morgan fingerprint density at radius 2 is 1.74 bits per heavy atom. The van der Waals surface area contributed by atoms with Crippen LogP contribution in [-0.2, 0) is 9.59 Å². The standard InChI is InChI=1S/C26H16N2O5S/c29-23-21(14-20-10-11-22(33-20)17-6-3-7-18(12-17)25(31)32)24(30)28(26(34)27-23)19-9-8-15-4-1-2-5-16(15)13-19/h1-14H,(H,31,32)(H,27,29,34). The Balaban J connectivity index is 1.48. The van der Waals surface area contributed by atoms with Crippen LogP contribution in [0.15, 0.2) is 88.9 Å². The molecule has 2 N–H and O–H groups in total. The number of benzene rings is 3. The summed E-state index contributed by atoms with van der Waals surface area (Å²) >= 11 is 5.28. The Hall–Kier alpha value is -4.56. The van der Waals surface area contributed by atoms with Gasteiger partial charge in [-0.1, -0.05) is 42.5 Å². The van der Waals surface area contributed by atoms with Crippen molar-refractivity contribution in [2.45, 2.75) is 0 Å². The van der Waals surface area contributed by atoms with Gasteiger partial charge >= 0.3 is 5.97 Å². The summed E-state index contributed by atoms with van der Waals surface area (Å²) in [5, 5.41) is 13.7. The molecule has 1 aromatic heterocycles. The SMILES string of the molecule is O=C1NC(=S)N(c2ccc3ccccc3c2)C(=O)C1=Cc1ccc(-c2cccc(C(=O)O)c2)o1. The molecule has 2 heterocycles. The lowest BCUT2D eigenvalue weighted by molar-refractivity contribution is -0.122. The number of furan rings is 1. The van der Waals surface area contributed by atoms with Gasteiger partial charge in [-0.15, -0.1) is 0 Å². The summed E-state index contributed by atoms with van der Waals surface area (Å²) < 4.78 is 5.78. The van der Waals surface area contributed by atoms with Crippen LogP contribution in [-0.4, -0.2) is 28.0 Å². The number of rotatable bonds is 4. The lowest BCUT2D eigenvalue weighted by Gasteiger charge is -2.29. The molecule has 4 aromatic rings. The summed E-state index contributed by atoms with van der Waals surface area (Å²) in [7, 11) is 0. The second-order valence-corrected chi connectivity index (χ2v) is 7.96. The number of carbonyl (C=O) groups excluding carboxylic acids is 2. The maximum Gasteiger partial charge on any atom is 0.335 e. The first kappa shape index (κ1) is 21.3. The van der Waals surface area contributed by atoms with E-state index in [1.54, 1.807) is 30.3 Å². The smallest absolute Gasteiger partial charge is 0.335 e. The number of nitrogens with one attached hydrogen (secondary N) is 1. The van der Waals surface area contributed by atoms with Gasteiger partial charge in [0.05, 0.1) is 11.3 Å². The highest BCUT2D eigenvalue weighted by atomic mass is 32.1. The first-order valence-corrected chi connectivity index (χ1v) is 10.7. The summed E-state index contributed by atoms with van der Waals surface area (Å²) in [5.74, 6) is -1.58. The molecule has 5 rings (SSSR count). The van der Waals surface area contributed by atoms with Gasteiger partial charge in [0.25, 0.3) is 11.8 Å². The van der Waals surface area contributed by atoms with Crippen LogP contribution in [0.3, 0.4) is 0 Å². The lowest BCUT2D eigenvalue weighted by Crippen LogP contribution is -2.54. The van der Waals surface area contributed by atoms with Gasteiger partial charge in [-0.2, -0.15) is 0 Å². The number of anilines is 1. The van der Waals surface area contributed by atoms with Gasteiger partial charge < -0.3 is 9.52 Å². The third-order valence-electron chi connectivity index (χ3n) is 5.40. The van der Waals surface area contributed by atoms with Crippen LogP contribution < -0.4 is 10.2 Å². The second kappa shape index (κ2) is 8.42. The number of fused-ring (bicyclic) bond motifs is 1. The van der Waals surface area contributed by atoms with Crippen molar-refractivity contribution < 1.29 is 23.9 Å². The third kappa shape index (κ3) is 3.87. The Kier molecular flexibility index (Phi) is 5.27. The van der Waals surface area contributed by atoms with Crippen molar-refractivity contribution in [3.63, 3.8) is 0 Å². The zero-order valence-electron chi connectivity index (χ0n) is 17.5. The minimum atomic E-state index is -1.05. The zero-order chi connectivity index (χ0) is 23.8. The van der Waals surface area contributed by atoms with Crippen LogP contribution in [0.2, 0.25) is 0 Å². The highest BCUT2D eigenvalue weighted by molar-refractivity contribution is 7.80. The van der Waals surface area contributed by atoms with E-state index in [0.717, 1.165) is 10.8 Å². The van der Waals surface area contributed by atoms with Crippen molar-refractivity contribution in [1.29, 1.82) is 0 Å². The number of hydrogen-bond acceptors (Lipinski definition) is 5. The molecule has 2 amide bonds. The average Bonchev–Trinajstić information content (AvgIpc) is 3.30. The third-order valence-corrected chi connectivity index (χ3v) is 5.68. The van der Waals surface area contributed by atoms with Crippen molar-refractivity contribution in [2.24, 2.45) is 0 Å². The number of thiocarbonyl (C=S) groups is 1. The van der Waals surface area contributed by atoms with E-state index >= 15 is 0 Å². The molecule has 34 heavy (non-hydrogen) atoms. The van der Waals surface area contributed by atoms with Crippen LogP contribution in [0.1, 0.15) is 16.1 Å². The van der Waals surface area contributed by atoms with Gasteiger partial charge in [-0.25, -0.2) is 4.79 Å². The highest BCUT2D eigenvalue weighted by Crippen LogP contribution is 2.28. The molecule has 8 heteroatoms. The molecule has 1 aliphatic heterocycles. The predicted molar refractivity (Wildman–Crippen MR) is 131 cm³/mol. The quantitative estimate of drug-likeness (QED) is 0.257. The Morgan fingerprint density at radius 1 is 0.941 bits per heavy atom. The summed E-state index contributed by atoms with van der Waals surface area (Å²) in [5.41, 5.74) is 1.07. The summed E-state index contributed by atoms with van der Waals surface area (Å²) in [6, 6.07) is 22.7. The fraction of sp³-hybridized carbons (Fsp3) is 0. The van der Waals surface area contributed by atoms with E-state index < -0.39 is 17.8 Å². The van der Waals surface area contributed by atoms with Crippen LogP contribution in [0.25, 0.3) is 28.2 Å². The minimum Gasteiger partial charge on any atom is -0.478 e. The number of carboxylic acid groups (broad SMARTS) is 1. The van der Waals surface area contributed by atoms with Gasteiger partial charge in [-0.3, -0.25) is 19.8 Å². The molecule has 1 aliphatic rings. The van der Waals surface area contributed by atoms with Crippen LogP contribution in [0, 0.1) is 0 Å². The van der Waals surface area contributed by atoms with Crippen molar-refractivity contribution in [3.8, 4) is 11.3 Å². The summed E-state index contributed by atoms with van der Waals surface area (Å²) in [6.45, 7) is 0. The molecule has 0 bridgehead atoms. The molecule has 166 valence electrons. The van der Waals surface area contributed by atoms with Gasteiger partial charge in [-0.05, 0) is 65.5 Å². The maximum absolute atomic E-state index is 13.3. The topological polar surface area (TPSA) is 99.9 Å². The normalized spacial score (nSPS) is 15.1. The first-order chi connectivity index (χ1) is 16.4. The van der Waals surface area contributed by atoms with Crippen molar-refractivity contribution >= 4 is 57.6 Å². The molecule has 0 aliphatic carbocycles. The number of carboxylic acids is 1. The van der Waals surface area contributed by atoms with E-state index in [9.17, 15) is 19.5 Å². The lowest BCUT2D eigenvalue weighted by atomic mass is 10.1. The van der Waals surface area contributed by atoms with E-state index in [1.165, 1.54) is 23.1 Å². The van der Waals surface area contributed by atoms with E-state index in [1.807, 2.05) is 36.4 Å². The van der Waals surface area contributed by atoms with E-state index in [0.29, 0.717) is 17.0 Å². The maximum atomic E-state index is 13.3. The Labute approximate surface area is 198 Å². The molecule has 0 unspecified atom stereocenters. The van der Waals surface area contributed by atoms with Crippen LogP contribution >= 0.6 is 12.2 Å². The number of nitrogens with zero attached hydrogens (tertiary/aromatic N) is 1. The fourth-order valence-electron chi connectivity index (χ4n) is 3.74. The number of carbonyl (C=O) groups is 3. The molecule has 0 radical (unpaired) electrons. The molecule has 3 aromatic carbocycles. The highest BCUT2D eigenvalue weighted by Gasteiger charge is 2.34. The fourth-order valence-corrected chi connectivity index (χ4v) is 4.02. The Bertz CT molecular complexity index is 1530. The van der Waals surface area contributed by atoms with Gasteiger partial charge in [0.15, 0.2) is 5.11 Å². The molecular weight excluding hydrogens is 452 g/mol. The Morgan fingerprint density at radius 3 is 2.53 bits per heavy atom. The van der Waals surface area contributed by atoms with Gasteiger partial charge in [0, 0.05) is 5.56 Å². The zero-order valence-corrected chi connectivity index (χ0v) is 18.3. The summed E-state index contributed by atoms with van der Waals surface area (Å²) in [6.07, 6.45) is 1.35. The molecular formula is C26H16N2O5S. The van der Waals surface area contributed by atoms with Gasteiger partial charge in [0.2, 0.25) is 0 Å². The number of amides is 2. The average molecular weight is 468 g/mol. The van der Waals surface area contributed by atoms with Crippen LogP contribution in [0.4, 0.5) is 5.69 Å². The molecule has 1 fully saturated rings. The van der Waals surface area contributed by atoms with E-state index in [4.69, 9.17) is 16.6 Å². The van der Waals surface area contributed by atoms with Crippen LogP contribution in [0.5, 0.6) is 0 Å². The summed E-state index contributed by atoms with van der Waals surface area (Å²) in [4.78, 5) is 38.4. The van der Waals surface area contributed by atoms with E-state index in [-0.39, 0.29) is 22.0 Å². The monoisotopic (exact) mass is 468 g/mol. The molecule has 1 saturated heterocycles. The van der Waals surface area contributed by atoms with E-state index in [2.05, 4.69) is 5.32 Å². The minimum absolute atomic E-state index is 0.00643. The van der Waals surface area contributed by atoms with Crippen molar-refractivity contribution in [2.75, 3.05) is 4.90 Å². The molecule has 0 atom stereocenters.